The molecule has 4 nitrogen and oxygen atoms in total. The Balaban J connectivity index is 2.07. The molecule has 1 amide bonds. The second-order valence-electron chi connectivity index (χ2n) is 5.42. The van der Waals surface area contributed by atoms with Crippen LogP contribution in [0.25, 0.3) is 0 Å². The van der Waals surface area contributed by atoms with Crippen molar-refractivity contribution >= 4 is 17.2 Å². The van der Waals surface area contributed by atoms with Crippen LogP contribution in [-0.2, 0) is 0 Å². The van der Waals surface area contributed by atoms with E-state index in [1.807, 2.05) is 6.92 Å². The monoisotopic (exact) mass is 318 g/mol. The van der Waals surface area contributed by atoms with E-state index in [1.165, 1.54) is 17.4 Å². The van der Waals surface area contributed by atoms with Gasteiger partial charge in [-0.25, -0.2) is 0 Å². The molecule has 1 aromatic heterocycles. The molecule has 21 heavy (non-hydrogen) atoms. The van der Waals surface area contributed by atoms with Gasteiger partial charge in [0.15, 0.2) is 0 Å². The zero-order chi connectivity index (χ0) is 15.6. The van der Waals surface area contributed by atoms with E-state index < -0.39 is 6.61 Å². The van der Waals surface area contributed by atoms with Crippen LogP contribution >= 0.6 is 11.3 Å². The highest BCUT2D eigenvalue weighted by atomic mass is 32.1. The van der Waals surface area contributed by atoms with Crippen molar-refractivity contribution in [3.8, 4) is 5.75 Å². The predicted molar refractivity (Wildman–Crippen MR) is 78.0 cm³/mol. The maximum absolute atomic E-state index is 12.5. The molecule has 1 atom stereocenters. The molecule has 0 radical (unpaired) electrons. The van der Waals surface area contributed by atoms with E-state index in [-0.39, 0.29) is 22.6 Å². The Hall–Kier alpha value is -1.21. The Morgan fingerprint density at radius 2 is 2.10 bits per heavy atom. The fourth-order valence-corrected chi connectivity index (χ4v) is 3.51. The summed E-state index contributed by atoms with van der Waals surface area (Å²) >= 11 is 1.19. The van der Waals surface area contributed by atoms with Crippen molar-refractivity contribution in [3.05, 3.63) is 15.8 Å². The number of hydrogen-bond acceptors (Lipinski definition) is 4. The zero-order valence-electron chi connectivity index (χ0n) is 12.1. The number of hydrogen-bond donors (Lipinski definition) is 1. The number of likely N-dealkylation sites (tertiary alicyclic amines) is 1. The van der Waals surface area contributed by atoms with Crippen molar-refractivity contribution in [1.82, 2.24) is 4.90 Å². The second-order valence-corrected chi connectivity index (χ2v) is 6.67. The van der Waals surface area contributed by atoms with Crippen LogP contribution in [0.3, 0.4) is 0 Å². The molecule has 0 saturated carbocycles. The molecule has 2 N–H and O–H groups in total. The molecule has 1 fully saturated rings. The fourth-order valence-electron chi connectivity index (χ4n) is 2.60. The molecule has 1 aromatic rings. The standard InChI is InChI=1S/C14H20F2N2O2S/c1-8-7-11(20-14(15)16)12(21-8)13(19)18-5-3-10(4-6-18)9(2)17/h7,9-10,14H,3-6,17H2,1-2H3. The summed E-state index contributed by atoms with van der Waals surface area (Å²) in [6.45, 7) is 2.03. The molecule has 0 aromatic carbocycles. The minimum atomic E-state index is -2.92. The molecule has 7 heteroatoms. The summed E-state index contributed by atoms with van der Waals surface area (Å²) in [6, 6.07) is 1.60. The fraction of sp³-hybridized carbons (Fsp3) is 0.643. The highest BCUT2D eigenvalue weighted by Gasteiger charge is 2.28. The Morgan fingerprint density at radius 1 is 1.48 bits per heavy atom. The topological polar surface area (TPSA) is 55.6 Å². The molecular weight excluding hydrogens is 298 g/mol. The molecule has 118 valence electrons. The van der Waals surface area contributed by atoms with Crippen molar-refractivity contribution in [3.63, 3.8) is 0 Å². The number of carbonyl (C=O) groups excluding carboxylic acids is 1. The number of nitrogens with two attached hydrogens (primary N) is 1. The number of amides is 1. The minimum absolute atomic E-state index is 0.0215. The van der Waals surface area contributed by atoms with Crippen LogP contribution in [0.15, 0.2) is 6.07 Å². The van der Waals surface area contributed by atoms with Gasteiger partial charge in [0, 0.05) is 24.0 Å². The lowest BCUT2D eigenvalue weighted by atomic mass is 9.91. The largest absolute Gasteiger partial charge is 0.433 e. The van der Waals surface area contributed by atoms with Gasteiger partial charge in [0.1, 0.15) is 10.6 Å². The molecule has 1 aliphatic heterocycles. The molecule has 0 bridgehead atoms. The summed E-state index contributed by atoms with van der Waals surface area (Å²) in [5.41, 5.74) is 5.88. The number of alkyl halides is 2. The predicted octanol–water partition coefficient (Wildman–Crippen LogP) is 2.86. The van der Waals surface area contributed by atoms with E-state index in [4.69, 9.17) is 5.73 Å². The number of ether oxygens (including phenoxy) is 1. The number of aryl methyl sites for hydroxylation is 1. The maximum Gasteiger partial charge on any atom is 0.387 e. The zero-order valence-corrected chi connectivity index (χ0v) is 13.0. The van der Waals surface area contributed by atoms with E-state index in [1.54, 1.807) is 11.8 Å². The van der Waals surface area contributed by atoms with Crippen molar-refractivity contribution in [2.45, 2.75) is 39.3 Å². The molecule has 2 rings (SSSR count). The Morgan fingerprint density at radius 3 is 2.62 bits per heavy atom. The van der Waals surface area contributed by atoms with Crippen molar-refractivity contribution < 1.29 is 18.3 Å². The average molecular weight is 318 g/mol. The van der Waals surface area contributed by atoms with Gasteiger partial charge < -0.3 is 15.4 Å². The number of rotatable bonds is 4. The molecule has 2 heterocycles. The average Bonchev–Trinajstić information content (AvgIpc) is 2.78. The number of piperidine rings is 1. The van der Waals surface area contributed by atoms with Crippen LogP contribution in [0, 0.1) is 12.8 Å². The van der Waals surface area contributed by atoms with Crippen LogP contribution in [-0.4, -0.2) is 36.5 Å². The third-order valence-corrected chi connectivity index (χ3v) is 4.82. The van der Waals surface area contributed by atoms with Gasteiger partial charge in [0.05, 0.1) is 0 Å². The quantitative estimate of drug-likeness (QED) is 0.929. The summed E-state index contributed by atoms with van der Waals surface area (Å²) in [7, 11) is 0. The summed E-state index contributed by atoms with van der Waals surface area (Å²) in [5, 5.41) is 0. The lowest BCUT2D eigenvalue weighted by Crippen LogP contribution is -2.42. The minimum Gasteiger partial charge on any atom is -0.433 e. The van der Waals surface area contributed by atoms with Gasteiger partial charge in [-0.1, -0.05) is 0 Å². The van der Waals surface area contributed by atoms with E-state index >= 15 is 0 Å². The lowest BCUT2D eigenvalue weighted by molar-refractivity contribution is -0.0499. The molecule has 0 spiro atoms. The van der Waals surface area contributed by atoms with Gasteiger partial charge in [-0.3, -0.25) is 4.79 Å². The number of halogens is 2. The molecule has 1 aliphatic rings. The third kappa shape index (κ3) is 3.91. The molecule has 1 saturated heterocycles. The van der Waals surface area contributed by atoms with Gasteiger partial charge in [0.25, 0.3) is 5.91 Å². The maximum atomic E-state index is 12.5. The van der Waals surface area contributed by atoms with Crippen LogP contribution < -0.4 is 10.5 Å². The lowest BCUT2D eigenvalue weighted by Gasteiger charge is -2.33. The highest BCUT2D eigenvalue weighted by molar-refractivity contribution is 7.14. The van der Waals surface area contributed by atoms with Gasteiger partial charge in [-0.05, 0) is 38.7 Å². The number of thiophene rings is 1. The molecule has 0 aliphatic carbocycles. The van der Waals surface area contributed by atoms with Crippen LogP contribution in [0.5, 0.6) is 5.75 Å². The van der Waals surface area contributed by atoms with Crippen LogP contribution in [0.4, 0.5) is 8.78 Å². The van der Waals surface area contributed by atoms with Crippen LogP contribution in [0.1, 0.15) is 34.3 Å². The first kappa shape index (κ1) is 16.2. The SMILES string of the molecule is Cc1cc(OC(F)F)c(C(=O)N2CCC(C(C)N)CC2)s1. The van der Waals surface area contributed by atoms with Gasteiger partial charge in [0.2, 0.25) is 0 Å². The number of nitrogens with zero attached hydrogens (tertiary/aromatic N) is 1. The first-order valence-electron chi connectivity index (χ1n) is 6.98. The normalized spacial score (nSPS) is 18.1. The first-order valence-corrected chi connectivity index (χ1v) is 7.80. The van der Waals surface area contributed by atoms with Gasteiger partial charge >= 0.3 is 6.61 Å². The third-order valence-electron chi connectivity index (χ3n) is 3.80. The smallest absolute Gasteiger partial charge is 0.387 e. The van der Waals surface area contributed by atoms with E-state index in [0.29, 0.717) is 19.0 Å². The van der Waals surface area contributed by atoms with Crippen LogP contribution in [0.2, 0.25) is 0 Å². The summed E-state index contributed by atoms with van der Waals surface area (Å²) in [6.07, 6.45) is 1.69. The summed E-state index contributed by atoms with van der Waals surface area (Å²) in [5.74, 6) is 0.162. The highest BCUT2D eigenvalue weighted by Crippen LogP contribution is 2.32. The van der Waals surface area contributed by atoms with Crippen molar-refractivity contribution in [2.75, 3.05) is 13.1 Å². The van der Waals surface area contributed by atoms with Crippen molar-refractivity contribution in [2.24, 2.45) is 11.7 Å². The Labute approximate surface area is 126 Å². The number of carbonyl (C=O) groups is 1. The summed E-state index contributed by atoms with van der Waals surface area (Å²) < 4.78 is 29.2. The van der Waals surface area contributed by atoms with E-state index in [0.717, 1.165) is 17.7 Å². The van der Waals surface area contributed by atoms with Crippen molar-refractivity contribution in [1.29, 1.82) is 0 Å². The second kappa shape index (κ2) is 6.70. The van der Waals surface area contributed by atoms with Gasteiger partial charge in [-0.15, -0.1) is 11.3 Å². The Kier molecular flexibility index (Phi) is 5.16. The first-order chi connectivity index (χ1) is 9.88. The van der Waals surface area contributed by atoms with E-state index in [9.17, 15) is 13.6 Å². The molecule has 1 unspecified atom stereocenters. The summed E-state index contributed by atoms with van der Waals surface area (Å²) in [4.78, 5) is 15.2. The van der Waals surface area contributed by atoms with Gasteiger partial charge in [-0.2, -0.15) is 8.78 Å². The Bertz CT molecular complexity index is 497. The molecular formula is C14H20F2N2O2S. The van der Waals surface area contributed by atoms with E-state index in [2.05, 4.69) is 4.74 Å².